The Hall–Kier alpha value is -0.670. The van der Waals surface area contributed by atoms with Crippen molar-refractivity contribution >= 4 is 11.8 Å². The first kappa shape index (κ1) is 17.4. The largest absolute Gasteiger partial charge is 0.492 e. The molecule has 0 bridgehead atoms. The van der Waals surface area contributed by atoms with Crippen LogP contribution in [0.2, 0.25) is 0 Å². The van der Waals surface area contributed by atoms with E-state index in [1.54, 1.807) is 0 Å². The molecule has 0 amide bonds. The van der Waals surface area contributed by atoms with Crippen molar-refractivity contribution in [2.45, 2.75) is 57.8 Å². The lowest BCUT2D eigenvalue weighted by Crippen LogP contribution is -2.26. The van der Waals surface area contributed by atoms with Gasteiger partial charge in [0.25, 0.3) is 0 Å². The molecule has 0 unspecified atom stereocenters. The highest BCUT2D eigenvalue weighted by atomic mass is 32.2. The third-order valence-corrected chi connectivity index (χ3v) is 4.88. The maximum Gasteiger partial charge on any atom is 0.119 e. The van der Waals surface area contributed by atoms with Crippen molar-refractivity contribution in [3.8, 4) is 5.75 Å². The molecule has 0 fully saturated rings. The number of hydrogen-bond donors (Lipinski definition) is 1. The molecule has 0 aliphatic heterocycles. The SMILES string of the molecule is CCCS[C@H](C)COc1ccc([C@@H](C)C(C)(C)O)cc1. The Kier molecular flexibility index (Phi) is 6.90. The van der Waals surface area contributed by atoms with E-state index in [2.05, 4.69) is 13.8 Å². The lowest BCUT2D eigenvalue weighted by atomic mass is 9.86. The molecule has 3 heteroatoms. The fourth-order valence-electron chi connectivity index (χ4n) is 1.84. The highest BCUT2D eigenvalue weighted by Crippen LogP contribution is 2.28. The number of rotatable bonds is 8. The van der Waals surface area contributed by atoms with Crippen LogP contribution < -0.4 is 4.74 Å². The smallest absolute Gasteiger partial charge is 0.119 e. The zero-order chi connectivity index (χ0) is 15.2. The molecule has 0 radical (unpaired) electrons. The molecule has 2 atom stereocenters. The van der Waals surface area contributed by atoms with Crippen molar-refractivity contribution in [2.75, 3.05) is 12.4 Å². The number of benzene rings is 1. The van der Waals surface area contributed by atoms with Crippen molar-refractivity contribution in [3.05, 3.63) is 29.8 Å². The molecule has 1 N–H and O–H groups in total. The van der Waals surface area contributed by atoms with Gasteiger partial charge in [-0.25, -0.2) is 0 Å². The summed E-state index contributed by atoms with van der Waals surface area (Å²) < 4.78 is 5.80. The number of hydrogen-bond acceptors (Lipinski definition) is 3. The van der Waals surface area contributed by atoms with Crippen LogP contribution in [-0.2, 0) is 0 Å². The summed E-state index contributed by atoms with van der Waals surface area (Å²) in [6.07, 6.45) is 1.21. The summed E-state index contributed by atoms with van der Waals surface area (Å²) in [7, 11) is 0. The Labute approximate surface area is 127 Å². The molecule has 2 nitrogen and oxygen atoms in total. The Balaban J connectivity index is 2.51. The monoisotopic (exact) mass is 296 g/mol. The first-order chi connectivity index (χ1) is 9.34. The third kappa shape index (κ3) is 5.76. The van der Waals surface area contributed by atoms with Crippen molar-refractivity contribution in [1.29, 1.82) is 0 Å². The molecule has 1 rings (SSSR count). The van der Waals surface area contributed by atoms with Crippen LogP contribution in [0.3, 0.4) is 0 Å². The Morgan fingerprint density at radius 3 is 2.30 bits per heavy atom. The van der Waals surface area contributed by atoms with Gasteiger partial charge in [-0.15, -0.1) is 0 Å². The van der Waals surface area contributed by atoms with E-state index in [1.807, 2.05) is 56.8 Å². The topological polar surface area (TPSA) is 29.5 Å². The second-order valence-corrected chi connectivity index (χ2v) is 7.48. The second kappa shape index (κ2) is 7.94. The van der Waals surface area contributed by atoms with Crippen LogP contribution >= 0.6 is 11.8 Å². The van der Waals surface area contributed by atoms with Gasteiger partial charge in [0, 0.05) is 11.2 Å². The maximum absolute atomic E-state index is 10.0. The van der Waals surface area contributed by atoms with E-state index < -0.39 is 5.60 Å². The number of aliphatic hydroxyl groups is 1. The fraction of sp³-hybridized carbons (Fsp3) is 0.647. The molecule has 0 heterocycles. The lowest BCUT2D eigenvalue weighted by molar-refractivity contribution is 0.0558. The quantitative estimate of drug-likeness (QED) is 0.767. The van der Waals surface area contributed by atoms with Crippen LogP contribution in [0, 0.1) is 0 Å². The summed E-state index contributed by atoms with van der Waals surface area (Å²) in [5, 5.41) is 10.6. The van der Waals surface area contributed by atoms with Gasteiger partial charge in [-0.05, 0) is 50.6 Å². The van der Waals surface area contributed by atoms with E-state index in [0.717, 1.165) is 17.9 Å². The molecule has 0 spiro atoms. The van der Waals surface area contributed by atoms with E-state index in [1.165, 1.54) is 12.2 Å². The van der Waals surface area contributed by atoms with Crippen LogP contribution in [0.25, 0.3) is 0 Å². The molecular weight excluding hydrogens is 268 g/mol. The van der Waals surface area contributed by atoms with Gasteiger partial charge in [0.15, 0.2) is 0 Å². The van der Waals surface area contributed by atoms with E-state index >= 15 is 0 Å². The molecular formula is C17H28O2S. The van der Waals surface area contributed by atoms with Crippen molar-refractivity contribution in [2.24, 2.45) is 0 Å². The Morgan fingerprint density at radius 2 is 1.80 bits per heavy atom. The summed E-state index contributed by atoms with van der Waals surface area (Å²) in [6.45, 7) is 10.9. The van der Waals surface area contributed by atoms with Gasteiger partial charge in [0.2, 0.25) is 0 Å². The first-order valence-corrected chi connectivity index (χ1v) is 8.46. The van der Waals surface area contributed by atoms with Crippen molar-refractivity contribution in [1.82, 2.24) is 0 Å². The van der Waals surface area contributed by atoms with E-state index in [0.29, 0.717) is 5.25 Å². The summed E-state index contributed by atoms with van der Waals surface area (Å²) in [6, 6.07) is 8.08. The second-order valence-electron chi connectivity index (χ2n) is 5.94. The van der Waals surface area contributed by atoms with Crippen LogP contribution in [0.4, 0.5) is 0 Å². The Bertz CT molecular complexity index is 381. The van der Waals surface area contributed by atoms with E-state index in [4.69, 9.17) is 4.74 Å². The molecule has 0 aliphatic carbocycles. The minimum Gasteiger partial charge on any atom is -0.492 e. The van der Waals surface area contributed by atoms with Gasteiger partial charge in [-0.2, -0.15) is 11.8 Å². The van der Waals surface area contributed by atoms with Crippen LogP contribution in [0.5, 0.6) is 5.75 Å². The van der Waals surface area contributed by atoms with Gasteiger partial charge in [-0.1, -0.05) is 26.0 Å². The molecule has 1 aromatic carbocycles. The molecule has 20 heavy (non-hydrogen) atoms. The van der Waals surface area contributed by atoms with Gasteiger partial charge >= 0.3 is 0 Å². The average Bonchev–Trinajstić information content (AvgIpc) is 2.41. The fourth-order valence-corrected chi connectivity index (χ4v) is 2.64. The zero-order valence-electron chi connectivity index (χ0n) is 13.3. The minimum atomic E-state index is -0.701. The van der Waals surface area contributed by atoms with Crippen LogP contribution in [-0.4, -0.2) is 28.3 Å². The van der Waals surface area contributed by atoms with Gasteiger partial charge in [-0.3, -0.25) is 0 Å². The van der Waals surface area contributed by atoms with E-state index in [-0.39, 0.29) is 5.92 Å². The molecule has 0 aromatic heterocycles. The zero-order valence-corrected chi connectivity index (χ0v) is 14.2. The minimum absolute atomic E-state index is 0.107. The van der Waals surface area contributed by atoms with Crippen LogP contribution in [0.15, 0.2) is 24.3 Å². The Morgan fingerprint density at radius 1 is 1.20 bits per heavy atom. The predicted molar refractivity (Wildman–Crippen MR) is 88.9 cm³/mol. The standard InChI is InChI=1S/C17H28O2S/c1-6-11-20-13(2)12-19-16-9-7-15(8-10-16)14(3)17(4,5)18/h7-10,13-14,18H,6,11-12H2,1-5H3/t13-,14-/m1/s1. The third-order valence-electron chi connectivity index (χ3n) is 3.53. The lowest BCUT2D eigenvalue weighted by Gasteiger charge is -2.26. The molecule has 114 valence electrons. The highest BCUT2D eigenvalue weighted by Gasteiger charge is 2.23. The number of ether oxygens (including phenoxy) is 1. The molecule has 0 saturated heterocycles. The molecule has 0 saturated carbocycles. The summed E-state index contributed by atoms with van der Waals surface area (Å²) >= 11 is 1.95. The highest BCUT2D eigenvalue weighted by molar-refractivity contribution is 7.99. The van der Waals surface area contributed by atoms with Crippen molar-refractivity contribution in [3.63, 3.8) is 0 Å². The van der Waals surface area contributed by atoms with Crippen LogP contribution in [0.1, 0.15) is 52.5 Å². The van der Waals surface area contributed by atoms with Crippen molar-refractivity contribution < 1.29 is 9.84 Å². The molecule has 1 aromatic rings. The van der Waals surface area contributed by atoms with Gasteiger partial charge in [0.05, 0.1) is 12.2 Å². The number of thioether (sulfide) groups is 1. The normalized spacial score (nSPS) is 14.9. The van der Waals surface area contributed by atoms with Gasteiger partial charge in [0.1, 0.15) is 5.75 Å². The van der Waals surface area contributed by atoms with E-state index in [9.17, 15) is 5.11 Å². The predicted octanol–water partition coefficient (Wildman–Crippen LogP) is 4.47. The summed E-state index contributed by atoms with van der Waals surface area (Å²) in [4.78, 5) is 0. The van der Waals surface area contributed by atoms with Gasteiger partial charge < -0.3 is 9.84 Å². The average molecular weight is 296 g/mol. The molecule has 0 aliphatic rings. The maximum atomic E-state index is 10.0. The summed E-state index contributed by atoms with van der Waals surface area (Å²) in [5.41, 5.74) is 0.437. The summed E-state index contributed by atoms with van der Waals surface area (Å²) in [5.74, 6) is 2.20. The first-order valence-electron chi connectivity index (χ1n) is 7.41.